The number of ether oxygens (including phenoxy) is 1. The van der Waals surface area contributed by atoms with E-state index in [0.29, 0.717) is 6.04 Å². The van der Waals surface area contributed by atoms with Gasteiger partial charge in [-0.15, -0.1) is 0 Å². The smallest absolute Gasteiger partial charge is 0.220 e. The molecule has 0 saturated carbocycles. The number of rotatable bonds is 2. The molecule has 1 atom stereocenters. The third-order valence-corrected chi connectivity index (χ3v) is 3.84. The Bertz CT molecular complexity index is 270. The lowest BCUT2D eigenvalue weighted by molar-refractivity contribution is -0.123. The lowest BCUT2D eigenvalue weighted by Crippen LogP contribution is -2.44. The number of amides is 1. The zero-order valence-electron chi connectivity index (χ0n) is 10.2. The van der Waals surface area contributed by atoms with E-state index in [4.69, 9.17) is 10.5 Å². The molecule has 2 saturated heterocycles. The Hall–Kier alpha value is -0.610. The van der Waals surface area contributed by atoms with Gasteiger partial charge in [-0.05, 0) is 46.2 Å². The van der Waals surface area contributed by atoms with Crippen molar-refractivity contribution in [3.05, 3.63) is 0 Å². The van der Waals surface area contributed by atoms with Gasteiger partial charge in [-0.2, -0.15) is 0 Å². The van der Waals surface area contributed by atoms with Crippen LogP contribution in [-0.2, 0) is 9.53 Å². The number of carbonyl (C=O) groups is 1. The summed E-state index contributed by atoms with van der Waals surface area (Å²) in [6.07, 6.45) is 2.91. The van der Waals surface area contributed by atoms with Gasteiger partial charge in [0.2, 0.25) is 5.91 Å². The Morgan fingerprint density at radius 2 is 2.00 bits per heavy atom. The molecule has 2 aliphatic heterocycles. The fourth-order valence-corrected chi connectivity index (χ4v) is 2.79. The van der Waals surface area contributed by atoms with Crippen molar-refractivity contribution < 1.29 is 9.53 Å². The molecule has 1 amide bonds. The molecule has 4 nitrogen and oxygen atoms in total. The maximum atomic E-state index is 11.1. The van der Waals surface area contributed by atoms with E-state index < -0.39 is 0 Å². The summed E-state index contributed by atoms with van der Waals surface area (Å²) in [6.45, 7) is 7.08. The zero-order valence-corrected chi connectivity index (χ0v) is 10.2. The predicted molar refractivity (Wildman–Crippen MR) is 61.9 cm³/mol. The summed E-state index contributed by atoms with van der Waals surface area (Å²) >= 11 is 0. The van der Waals surface area contributed by atoms with Crippen molar-refractivity contribution >= 4 is 5.91 Å². The van der Waals surface area contributed by atoms with Crippen LogP contribution in [0, 0.1) is 5.92 Å². The first-order chi connectivity index (χ1) is 7.48. The highest BCUT2D eigenvalue weighted by molar-refractivity contribution is 5.76. The van der Waals surface area contributed by atoms with Crippen molar-refractivity contribution in [3.8, 4) is 0 Å². The van der Waals surface area contributed by atoms with E-state index in [0.717, 1.165) is 39.0 Å². The number of hydrogen-bond acceptors (Lipinski definition) is 3. The summed E-state index contributed by atoms with van der Waals surface area (Å²) in [5.41, 5.74) is 5.35. The van der Waals surface area contributed by atoms with Crippen molar-refractivity contribution in [2.45, 2.75) is 44.8 Å². The second-order valence-corrected chi connectivity index (χ2v) is 5.64. The van der Waals surface area contributed by atoms with E-state index in [9.17, 15) is 4.79 Å². The third-order valence-electron chi connectivity index (χ3n) is 3.84. The van der Waals surface area contributed by atoms with Crippen LogP contribution in [0.2, 0.25) is 0 Å². The quantitative estimate of drug-likeness (QED) is 0.756. The topological polar surface area (TPSA) is 55.6 Å². The van der Waals surface area contributed by atoms with Gasteiger partial charge in [0.15, 0.2) is 0 Å². The predicted octanol–water partition coefficient (Wildman–Crippen LogP) is 0.751. The number of nitrogens with zero attached hydrogens (tertiary/aromatic N) is 1. The Balaban J connectivity index is 1.84. The van der Waals surface area contributed by atoms with E-state index in [1.165, 1.54) is 0 Å². The Morgan fingerprint density at radius 3 is 2.44 bits per heavy atom. The van der Waals surface area contributed by atoms with Crippen LogP contribution < -0.4 is 5.73 Å². The minimum Gasteiger partial charge on any atom is -0.374 e. The zero-order chi connectivity index (χ0) is 11.8. The van der Waals surface area contributed by atoms with Gasteiger partial charge in [0.25, 0.3) is 0 Å². The van der Waals surface area contributed by atoms with Crippen molar-refractivity contribution in [2.24, 2.45) is 11.7 Å². The number of primary amides is 1. The minimum atomic E-state index is -0.136. The summed E-state index contributed by atoms with van der Waals surface area (Å²) in [6, 6.07) is 0.531. The Kier molecular flexibility index (Phi) is 3.22. The fourth-order valence-electron chi connectivity index (χ4n) is 2.79. The monoisotopic (exact) mass is 226 g/mol. The molecule has 2 heterocycles. The van der Waals surface area contributed by atoms with Gasteiger partial charge in [0.05, 0.1) is 12.2 Å². The van der Waals surface area contributed by atoms with E-state index in [2.05, 4.69) is 18.7 Å². The Labute approximate surface area is 97.1 Å². The van der Waals surface area contributed by atoms with Crippen molar-refractivity contribution in [1.82, 2.24) is 4.90 Å². The molecule has 2 N–H and O–H groups in total. The van der Waals surface area contributed by atoms with Gasteiger partial charge in [0, 0.05) is 12.0 Å². The lowest BCUT2D eigenvalue weighted by Gasteiger charge is -2.34. The molecule has 16 heavy (non-hydrogen) atoms. The molecule has 0 aromatic rings. The molecule has 0 radical (unpaired) electrons. The van der Waals surface area contributed by atoms with Crippen LogP contribution in [0.15, 0.2) is 0 Å². The first-order valence-electron chi connectivity index (χ1n) is 6.15. The molecule has 92 valence electrons. The number of hydrogen-bond donors (Lipinski definition) is 1. The highest BCUT2D eigenvalue weighted by atomic mass is 16.5. The van der Waals surface area contributed by atoms with E-state index in [1.54, 1.807) is 0 Å². The van der Waals surface area contributed by atoms with Crippen molar-refractivity contribution in [2.75, 3.05) is 19.7 Å². The van der Waals surface area contributed by atoms with Crippen molar-refractivity contribution in [1.29, 1.82) is 0 Å². The first kappa shape index (κ1) is 11.9. The van der Waals surface area contributed by atoms with Crippen LogP contribution in [0.25, 0.3) is 0 Å². The summed E-state index contributed by atoms with van der Waals surface area (Å²) in [5, 5.41) is 0. The van der Waals surface area contributed by atoms with Crippen LogP contribution in [0.3, 0.4) is 0 Å². The van der Waals surface area contributed by atoms with Gasteiger partial charge in [-0.3, -0.25) is 9.69 Å². The van der Waals surface area contributed by atoms with Crippen LogP contribution in [0.4, 0.5) is 0 Å². The highest BCUT2D eigenvalue weighted by Gasteiger charge is 2.37. The van der Waals surface area contributed by atoms with Crippen LogP contribution in [-0.4, -0.2) is 42.1 Å². The number of piperidine rings is 1. The fraction of sp³-hybridized carbons (Fsp3) is 0.917. The maximum absolute atomic E-state index is 11.1. The van der Waals surface area contributed by atoms with Gasteiger partial charge < -0.3 is 10.5 Å². The lowest BCUT2D eigenvalue weighted by atomic mass is 9.94. The molecular formula is C12H22N2O2. The van der Waals surface area contributed by atoms with E-state index in [-0.39, 0.29) is 17.4 Å². The van der Waals surface area contributed by atoms with E-state index >= 15 is 0 Å². The Morgan fingerprint density at radius 1 is 1.38 bits per heavy atom. The molecular weight excluding hydrogens is 204 g/mol. The van der Waals surface area contributed by atoms with Crippen LogP contribution in [0.1, 0.15) is 33.1 Å². The normalized spacial score (nSPS) is 31.8. The third kappa shape index (κ3) is 2.55. The van der Waals surface area contributed by atoms with Crippen molar-refractivity contribution in [3.63, 3.8) is 0 Å². The molecule has 0 aromatic carbocycles. The van der Waals surface area contributed by atoms with Crippen LogP contribution >= 0.6 is 0 Å². The summed E-state index contributed by atoms with van der Waals surface area (Å²) in [5.74, 6) is -0.0470. The molecule has 0 bridgehead atoms. The second-order valence-electron chi connectivity index (χ2n) is 5.64. The summed E-state index contributed by atoms with van der Waals surface area (Å²) < 4.78 is 5.75. The molecule has 2 fully saturated rings. The minimum absolute atomic E-state index is 0.0190. The molecule has 0 aromatic heterocycles. The highest BCUT2D eigenvalue weighted by Crippen LogP contribution is 2.30. The molecule has 2 rings (SSSR count). The van der Waals surface area contributed by atoms with Gasteiger partial charge in [-0.1, -0.05) is 0 Å². The molecule has 0 spiro atoms. The second kappa shape index (κ2) is 4.34. The molecule has 0 aliphatic carbocycles. The first-order valence-corrected chi connectivity index (χ1v) is 6.15. The summed E-state index contributed by atoms with van der Waals surface area (Å²) in [4.78, 5) is 13.5. The number of nitrogens with two attached hydrogens (primary N) is 1. The molecule has 4 heteroatoms. The average molecular weight is 226 g/mol. The largest absolute Gasteiger partial charge is 0.374 e. The standard InChI is InChI=1S/C12H22N2O2/c1-12(2)7-10(8-16-12)14-5-3-9(4-6-14)11(13)15/h9-10H,3-8H2,1-2H3,(H2,13,15). The van der Waals surface area contributed by atoms with Gasteiger partial charge in [-0.25, -0.2) is 0 Å². The molecule has 1 unspecified atom stereocenters. The SMILES string of the molecule is CC1(C)CC(N2CCC(C(N)=O)CC2)CO1. The maximum Gasteiger partial charge on any atom is 0.220 e. The van der Waals surface area contributed by atoms with Gasteiger partial charge >= 0.3 is 0 Å². The average Bonchev–Trinajstić information content (AvgIpc) is 2.59. The number of carbonyl (C=O) groups excluding carboxylic acids is 1. The summed E-state index contributed by atoms with van der Waals surface area (Å²) in [7, 11) is 0. The number of likely N-dealkylation sites (tertiary alicyclic amines) is 1. The molecule has 2 aliphatic rings. The van der Waals surface area contributed by atoms with Gasteiger partial charge in [0.1, 0.15) is 0 Å². The van der Waals surface area contributed by atoms with E-state index in [1.807, 2.05) is 0 Å². The van der Waals surface area contributed by atoms with Crippen LogP contribution in [0.5, 0.6) is 0 Å².